The van der Waals surface area contributed by atoms with Crippen LogP contribution in [0.5, 0.6) is 0 Å². The first kappa shape index (κ1) is 25.0. The second kappa shape index (κ2) is 15.1. The van der Waals surface area contributed by atoms with E-state index in [0.29, 0.717) is 13.1 Å². The molecule has 0 bridgehead atoms. The van der Waals surface area contributed by atoms with Crippen LogP contribution in [-0.4, -0.2) is 93.2 Å². The van der Waals surface area contributed by atoms with Crippen LogP contribution in [0, 0.1) is 0 Å². The molecule has 14 nitrogen and oxygen atoms in total. The number of oxime groups is 4. The molecule has 0 aliphatic heterocycles. The van der Waals surface area contributed by atoms with Gasteiger partial charge in [-0.3, -0.25) is 0 Å². The van der Waals surface area contributed by atoms with E-state index in [-0.39, 0.29) is 51.9 Å². The summed E-state index contributed by atoms with van der Waals surface area (Å²) in [6, 6.07) is 0. The van der Waals surface area contributed by atoms with Crippen molar-refractivity contribution in [3.05, 3.63) is 0 Å². The lowest BCUT2D eigenvalue weighted by atomic mass is 10.2. The first-order valence-corrected chi connectivity index (χ1v) is 8.40. The lowest BCUT2D eigenvalue weighted by Gasteiger charge is -2.27. The van der Waals surface area contributed by atoms with Crippen molar-refractivity contribution < 1.29 is 20.8 Å². The standard InChI is InChI=1S/C14H24N10O4/c15-11(19-25)1-5-23(6-2-12(16)20-26)9-10-24(7-3-13(17)21-27)8-4-14(18)22-28/h25-28H,1-10H2/b19-11-,20-12-,21-13-,22-14-. The Balaban J connectivity index is 4.85. The second-order valence-corrected chi connectivity index (χ2v) is 5.75. The average Bonchev–Trinajstić information content (AvgIpc) is 2.72. The van der Waals surface area contributed by atoms with Gasteiger partial charge in [0.1, 0.15) is 0 Å². The van der Waals surface area contributed by atoms with Gasteiger partial charge in [-0.05, 0) is 0 Å². The molecule has 14 heteroatoms. The summed E-state index contributed by atoms with van der Waals surface area (Å²) in [4.78, 5) is 3.57. The molecule has 0 aromatic carbocycles. The summed E-state index contributed by atoms with van der Waals surface area (Å²) < 4.78 is 0. The fourth-order valence-corrected chi connectivity index (χ4v) is 2.19. The zero-order chi connectivity index (χ0) is 21.4. The SMILES string of the molecule is [N]/C(CCN(CC/C([N])=N/O)CCN(CC/C([N])=N/O)CC/C([N])=N/O)=N\O. The van der Waals surface area contributed by atoms with E-state index in [0.717, 1.165) is 0 Å². The van der Waals surface area contributed by atoms with Gasteiger partial charge in [0.15, 0.2) is 23.3 Å². The average molecular weight is 396 g/mol. The molecule has 0 rings (SSSR count). The van der Waals surface area contributed by atoms with E-state index in [4.69, 9.17) is 20.8 Å². The van der Waals surface area contributed by atoms with Gasteiger partial charge in [-0.15, -0.1) is 22.9 Å². The molecule has 154 valence electrons. The molecular weight excluding hydrogens is 372 g/mol. The van der Waals surface area contributed by atoms with Crippen LogP contribution in [0.2, 0.25) is 0 Å². The highest BCUT2D eigenvalue weighted by atomic mass is 16.4. The molecule has 0 saturated heterocycles. The van der Waals surface area contributed by atoms with Crippen molar-refractivity contribution in [2.45, 2.75) is 25.7 Å². The van der Waals surface area contributed by atoms with Crippen LogP contribution in [0.25, 0.3) is 0 Å². The number of hydrogen-bond donors (Lipinski definition) is 4. The van der Waals surface area contributed by atoms with Gasteiger partial charge in [-0.2, -0.15) is 0 Å². The van der Waals surface area contributed by atoms with Gasteiger partial charge in [0, 0.05) is 65.0 Å². The number of rotatable bonds is 15. The van der Waals surface area contributed by atoms with E-state index in [1.54, 1.807) is 9.80 Å². The number of hydrogen-bond acceptors (Lipinski definition) is 10. The molecule has 0 fully saturated rings. The molecule has 4 N–H and O–H groups in total. The molecule has 28 heavy (non-hydrogen) atoms. The van der Waals surface area contributed by atoms with Crippen LogP contribution in [-0.2, 0) is 0 Å². The minimum absolute atomic E-state index is 0.0451. The summed E-state index contributed by atoms with van der Waals surface area (Å²) in [7, 11) is 0. The maximum absolute atomic E-state index is 9.27. The molecule has 0 saturated carbocycles. The third-order valence-electron chi connectivity index (χ3n) is 3.80. The largest absolute Gasteiger partial charge is 0.409 e. The molecule has 0 aromatic rings. The van der Waals surface area contributed by atoms with Gasteiger partial charge in [-0.25, -0.2) is 0 Å². The van der Waals surface area contributed by atoms with Crippen molar-refractivity contribution >= 4 is 23.3 Å². The number of nitrogens with zero attached hydrogens (tertiary/aromatic N) is 10. The van der Waals surface area contributed by atoms with Crippen LogP contribution in [0.3, 0.4) is 0 Å². The van der Waals surface area contributed by atoms with Crippen molar-refractivity contribution in [1.29, 1.82) is 0 Å². The molecule has 0 spiro atoms. The van der Waals surface area contributed by atoms with Crippen molar-refractivity contribution in [2.75, 3.05) is 39.3 Å². The molecule has 0 aliphatic rings. The molecule has 0 atom stereocenters. The highest BCUT2D eigenvalue weighted by Gasteiger charge is 2.13. The van der Waals surface area contributed by atoms with Gasteiger partial charge in [0.05, 0.1) is 0 Å². The second-order valence-electron chi connectivity index (χ2n) is 5.75. The zero-order valence-electron chi connectivity index (χ0n) is 15.3. The quantitative estimate of drug-likeness (QED) is 0.112. The highest BCUT2D eigenvalue weighted by molar-refractivity contribution is 5.80. The normalized spacial score (nSPS) is 14.2. The van der Waals surface area contributed by atoms with Gasteiger partial charge in [0.25, 0.3) is 0 Å². The smallest absolute Gasteiger partial charge is 0.191 e. The maximum atomic E-state index is 9.27. The van der Waals surface area contributed by atoms with E-state index < -0.39 is 23.3 Å². The van der Waals surface area contributed by atoms with Crippen LogP contribution in [0.4, 0.5) is 0 Å². The predicted octanol–water partition coefficient (Wildman–Crippen LogP) is -1.42. The Labute approximate surface area is 163 Å². The van der Waals surface area contributed by atoms with Gasteiger partial charge in [-0.1, -0.05) is 20.6 Å². The Morgan fingerprint density at radius 2 is 0.679 bits per heavy atom. The summed E-state index contributed by atoms with van der Waals surface area (Å²) in [5.41, 5.74) is 37.1. The Morgan fingerprint density at radius 3 is 0.857 bits per heavy atom. The maximum Gasteiger partial charge on any atom is 0.191 e. The lowest BCUT2D eigenvalue weighted by molar-refractivity contribution is 0.212. The third-order valence-corrected chi connectivity index (χ3v) is 3.80. The molecule has 0 aromatic heterocycles. The Morgan fingerprint density at radius 1 is 0.464 bits per heavy atom. The van der Waals surface area contributed by atoms with Crippen molar-refractivity contribution in [2.24, 2.45) is 20.6 Å². The van der Waals surface area contributed by atoms with E-state index in [9.17, 15) is 22.9 Å². The fraction of sp³-hybridized carbons (Fsp3) is 0.714. The zero-order valence-corrected chi connectivity index (χ0v) is 15.3. The Hall–Kier alpha value is -3.00. The molecule has 8 radical (unpaired) electrons. The first-order valence-electron chi connectivity index (χ1n) is 8.40. The molecule has 0 heterocycles. The van der Waals surface area contributed by atoms with Gasteiger partial charge < -0.3 is 30.6 Å². The minimum atomic E-state index is -0.463. The monoisotopic (exact) mass is 396 g/mol. The van der Waals surface area contributed by atoms with Crippen molar-refractivity contribution in [3.63, 3.8) is 0 Å². The van der Waals surface area contributed by atoms with Gasteiger partial charge >= 0.3 is 0 Å². The third kappa shape index (κ3) is 12.4. The molecule has 0 amide bonds. The fourth-order valence-electron chi connectivity index (χ4n) is 2.19. The van der Waals surface area contributed by atoms with Crippen molar-refractivity contribution in [3.8, 4) is 0 Å². The van der Waals surface area contributed by atoms with E-state index >= 15 is 0 Å². The van der Waals surface area contributed by atoms with Crippen LogP contribution >= 0.6 is 0 Å². The topological polar surface area (TPSA) is 226 Å². The summed E-state index contributed by atoms with van der Waals surface area (Å²) >= 11 is 0. The van der Waals surface area contributed by atoms with Crippen LogP contribution in [0.1, 0.15) is 25.7 Å². The Bertz CT molecular complexity index is 460. The summed E-state index contributed by atoms with van der Waals surface area (Å²) in [5.74, 6) is -1.85. The van der Waals surface area contributed by atoms with Crippen molar-refractivity contribution in [1.82, 2.24) is 32.7 Å². The Kier molecular flexibility index (Phi) is 13.5. The minimum Gasteiger partial charge on any atom is -0.409 e. The summed E-state index contributed by atoms with van der Waals surface area (Å²) in [6.07, 6.45) is 0.180. The van der Waals surface area contributed by atoms with E-state index in [1.807, 2.05) is 0 Å². The lowest BCUT2D eigenvalue weighted by Crippen LogP contribution is -2.39. The molecule has 0 aliphatic carbocycles. The molecule has 0 unspecified atom stereocenters. The summed E-state index contributed by atoms with van der Waals surface area (Å²) in [6.45, 7) is 1.88. The highest BCUT2D eigenvalue weighted by Crippen LogP contribution is 2.01. The van der Waals surface area contributed by atoms with Crippen LogP contribution in [0.15, 0.2) is 20.6 Å². The summed E-state index contributed by atoms with van der Waals surface area (Å²) in [5, 5.41) is 44.8. The van der Waals surface area contributed by atoms with Crippen LogP contribution < -0.4 is 22.9 Å². The van der Waals surface area contributed by atoms with E-state index in [2.05, 4.69) is 20.6 Å². The first-order chi connectivity index (χ1) is 13.4. The van der Waals surface area contributed by atoms with E-state index in [1.165, 1.54) is 0 Å². The predicted molar refractivity (Wildman–Crippen MR) is 96.8 cm³/mol. The number of amidine groups is 4. The van der Waals surface area contributed by atoms with Gasteiger partial charge in [0.2, 0.25) is 0 Å². The molecular formula is C14H24N10O4.